The molecule has 0 bridgehead atoms. The zero-order valence-electron chi connectivity index (χ0n) is 44.0. The first-order chi connectivity index (χ1) is 37.0. The molecular formula is C73H65NS. The van der Waals surface area contributed by atoms with Gasteiger partial charge < -0.3 is 4.90 Å². The zero-order valence-corrected chi connectivity index (χ0v) is 44.8. The van der Waals surface area contributed by atoms with E-state index in [0.717, 1.165) is 12.8 Å². The second kappa shape index (κ2) is 19.6. The molecule has 1 aliphatic carbocycles. The van der Waals surface area contributed by atoms with Crippen molar-refractivity contribution in [1.29, 1.82) is 0 Å². The molecule has 1 aromatic heterocycles. The minimum Gasteiger partial charge on any atom is -0.309 e. The van der Waals surface area contributed by atoms with Crippen LogP contribution in [0.1, 0.15) is 100 Å². The van der Waals surface area contributed by atoms with Gasteiger partial charge in [0.25, 0.3) is 0 Å². The Kier molecular flexibility index (Phi) is 12.4. The van der Waals surface area contributed by atoms with E-state index in [1.165, 1.54) is 187 Å². The maximum absolute atomic E-state index is 2.67. The van der Waals surface area contributed by atoms with E-state index in [9.17, 15) is 0 Å². The number of benzene rings is 11. The summed E-state index contributed by atoms with van der Waals surface area (Å²) >= 11 is 1.90. The van der Waals surface area contributed by atoms with Crippen LogP contribution < -0.4 is 4.90 Å². The van der Waals surface area contributed by atoms with Crippen molar-refractivity contribution >= 4 is 91.7 Å². The van der Waals surface area contributed by atoms with E-state index in [1.807, 2.05) is 11.3 Å². The number of unbranched alkanes of at least 4 members (excludes halogenated alkanes) is 6. The Balaban J connectivity index is 1.05. The van der Waals surface area contributed by atoms with Crippen LogP contribution in [0.25, 0.3) is 96.6 Å². The van der Waals surface area contributed by atoms with Crippen molar-refractivity contribution in [3.8, 4) is 33.4 Å². The van der Waals surface area contributed by atoms with E-state index < -0.39 is 0 Å². The van der Waals surface area contributed by atoms with E-state index in [4.69, 9.17) is 0 Å². The fourth-order valence-electron chi connectivity index (χ4n) is 13.5. The molecule has 0 saturated heterocycles. The molecule has 368 valence electrons. The fraction of sp³-hybridized carbons (Fsp3) is 0.205. The summed E-state index contributed by atoms with van der Waals surface area (Å²) in [6.07, 6.45) is 12.1. The molecule has 1 aliphatic rings. The molecule has 0 radical (unpaired) electrons. The van der Waals surface area contributed by atoms with Crippen molar-refractivity contribution < 1.29 is 0 Å². The van der Waals surface area contributed by atoms with Crippen molar-refractivity contribution in [1.82, 2.24) is 0 Å². The normalized spacial score (nSPS) is 12.9. The summed E-state index contributed by atoms with van der Waals surface area (Å²) in [7, 11) is 0. The molecular weight excluding hydrogens is 923 g/mol. The van der Waals surface area contributed by atoms with Gasteiger partial charge in [0.05, 0.1) is 11.4 Å². The van der Waals surface area contributed by atoms with Crippen LogP contribution >= 0.6 is 11.3 Å². The SMILES string of the molecule is CCCCCCC1(CCCCCC)c2cc(-c3c4ccccc4c(-c4cccc5sc6ccccc6c45)c4ccccc34)ccc2-c2ccc(N(c3ccc(C)c4ccccc34)c3ccc(C)c4ccccc34)cc21. The van der Waals surface area contributed by atoms with Gasteiger partial charge in [-0.05, 0) is 157 Å². The second-order valence-electron chi connectivity index (χ2n) is 21.5. The van der Waals surface area contributed by atoms with Crippen LogP contribution in [0.15, 0.2) is 200 Å². The van der Waals surface area contributed by atoms with Crippen LogP contribution in [0.5, 0.6) is 0 Å². The van der Waals surface area contributed by atoms with Gasteiger partial charge in [0.15, 0.2) is 0 Å². The van der Waals surface area contributed by atoms with E-state index in [2.05, 4.69) is 233 Å². The average molecular weight is 988 g/mol. The van der Waals surface area contributed by atoms with Crippen LogP contribution in [0.4, 0.5) is 17.1 Å². The number of fused-ring (bicyclic) bond motifs is 10. The zero-order chi connectivity index (χ0) is 50.6. The Hall–Kier alpha value is -7.52. The van der Waals surface area contributed by atoms with Gasteiger partial charge in [0, 0.05) is 42.0 Å². The lowest BCUT2D eigenvalue weighted by molar-refractivity contribution is 0.401. The van der Waals surface area contributed by atoms with Crippen molar-refractivity contribution in [3.05, 3.63) is 222 Å². The van der Waals surface area contributed by atoms with Crippen molar-refractivity contribution in [2.45, 2.75) is 97.3 Å². The molecule has 0 unspecified atom stereocenters. The first-order valence-corrected chi connectivity index (χ1v) is 28.7. The van der Waals surface area contributed by atoms with Crippen LogP contribution in [0.2, 0.25) is 0 Å². The lowest BCUT2D eigenvalue weighted by atomic mass is 9.70. The molecule has 0 fully saturated rings. The number of nitrogens with zero attached hydrogens (tertiary/aromatic N) is 1. The highest BCUT2D eigenvalue weighted by Crippen LogP contribution is 2.58. The molecule has 0 spiro atoms. The van der Waals surface area contributed by atoms with Crippen molar-refractivity contribution in [2.24, 2.45) is 0 Å². The molecule has 0 saturated carbocycles. The van der Waals surface area contributed by atoms with Gasteiger partial charge in [-0.2, -0.15) is 0 Å². The second-order valence-corrected chi connectivity index (χ2v) is 22.6. The van der Waals surface area contributed by atoms with E-state index in [-0.39, 0.29) is 5.41 Å². The minimum absolute atomic E-state index is 0.157. The fourth-order valence-corrected chi connectivity index (χ4v) is 14.7. The summed E-state index contributed by atoms with van der Waals surface area (Å²) in [5.41, 5.74) is 17.2. The predicted molar refractivity (Wildman–Crippen MR) is 328 cm³/mol. The van der Waals surface area contributed by atoms with E-state index in [0.29, 0.717) is 0 Å². The first-order valence-electron chi connectivity index (χ1n) is 27.9. The quantitative estimate of drug-likeness (QED) is 0.0731. The van der Waals surface area contributed by atoms with Crippen molar-refractivity contribution in [2.75, 3.05) is 4.90 Å². The van der Waals surface area contributed by atoms with Gasteiger partial charge >= 0.3 is 0 Å². The standard InChI is InChI=1S/C73H65NS/c1-5-7-9-21-44-73(45-22-10-8-6-2)64-46-50(70-58-28-15-17-30-60(58)71(61-31-18-16-29-59(61)70)63-33-23-35-69-72(63)62-32-19-20-34-68(62)75-69)38-40-54(64)55-41-39-51(47-65(55)73)74(66-42-36-48(3)52-24-11-13-26-56(52)66)67-43-37-49(4)53-25-12-14-27-57(53)67/h11-20,23-43,46-47H,5-10,21-22,44-45H2,1-4H3. The maximum Gasteiger partial charge on any atom is 0.0540 e. The monoisotopic (exact) mass is 987 g/mol. The van der Waals surface area contributed by atoms with Crippen LogP contribution in [-0.4, -0.2) is 0 Å². The number of rotatable bonds is 15. The molecule has 0 aliphatic heterocycles. The lowest BCUT2D eigenvalue weighted by Crippen LogP contribution is -2.26. The highest BCUT2D eigenvalue weighted by Gasteiger charge is 2.43. The molecule has 0 atom stereocenters. The first kappa shape index (κ1) is 47.2. The van der Waals surface area contributed by atoms with Gasteiger partial charge in [-0.3, -0.25) is 0 Å². The lowest BCUT2D eigenvalue weighted by Gasteiger charge is -2.35. The summed E-state index contributed by atoms with van der Waals surface area (Å²) < 4.78 is 2.67. The molecule has 1 nitrogen and oxygen atoms in total. The summed E-state index contributed by atoms with van der Waals surface area (Å²) in [6.45, 7) is 9.19. The summed E-state index contributed by atoms with van der Waals surface area (Å²) in [6, 6.07) is 77.0. The molecule has 11 aromatic carbocycles. The third kappa shape index (κ3) is 7.86. The average Bonchev–Trinajstić information content (AvgIpc) is 3.98. The van der Waals surface area contributed by atoms with Crippen LogP contribution in [0.3, 0.4) is 0 Å². The minimum atomic E-state index is -0.157. The van der Waals surface area contributed by atoms with Crippen LogP contribution in [-0.2, 0) is 5.41 Å². The van der Waals surface area contributed by atoms with E-state index >= 15 is 0 Å². The Morgan fingerprint density at radius 2 is 0.853 bits per heavy atom. The molecule has 0 N–H and O–H groups in total. The van der Waals surface area contributed by atoms with Crippen LogP contribution in [0, 0.1) is 13.8 Å². The van der Waals surface area contributed by atoms with Gasteiger partial charge in [0.1, 0.15) is 0 Å². The van der Waals surface area contributed by atoms with Crippen molar-refractivity contribution in [3.63, 3.8) is 0 Å². The number of anilines is 3. The number of thiophene rings is 1. The summed E-state index contributed by atoms with van der Waals surface area (Å²) in [5, 5.41) is 13.1. The maximum atomic E-state index is 2.67. The van der Waals surface area contributed by atoms with Gasteiger partial charge in [-0.15, -0.1) is 11.3 Å². The highest BCUT2D eigenvalue weighted by molar-refractivity contribution is 7.26. The van der Waals surface area contributed by atoms with Gasteiger partial charge in [0.2, 0.25) is 0 Å². The highest BCUT2D eigenvalue weighted by atomic mass is 32.1. The smallest absolute Gasteiger partial charge is 0.0540 e. The number of aryl methyl sites for hydroxylation is 2. The molecule has 75 heavy (non-hydrogen) atoms. The Labute approximate surface area is 447 Å². The largest absolute Gasteiger partial charge is 0.309 e. The van der Waals surface area contributed by atoms with Gasteiger partial charge in [-0.1, -0.05) is 223 Å². The third-order valence-electron chi connectivity index (χ3n) is 17.1. The Morgan fingerprint density at radius 1 is 0.373 bits per heavy atom. The topological polar surface area (TPSA) is 3.24 Å². The summed E-state index contributed by atoms with van der Waals surface area (Å²) in [5.74, 6) is 0. The summed E-state index contributed by atoms with van der Waals surface area (Å²) in [4.78, 5) is 2.59. The van der Waals surface area contributed by atoms with E-state index in [1.54, 1.807) is 0 Å². The van der Waals surface area contributed by atoms with Gasteiger partial charge in [-0.25, -0.2) is 0 Å². The molecule has 2 heteroatoms. The Bertz CT molecular complexity index is 4000. The molecule has 1 heterocycles. The molecule has 0 amide bonds. The number of hydrogen-bond donors (Lipinski definition) is 0. The third-order valence-corrected chi connectivity index (χ3v) is 18.3. The predicted octanol–water partition coefficient (Wildman–Crippen LogP) is 22.3. The molecule has 12 aromatic rings. The molecule has 13 rings (SSSR count). The number of hydrogen-bond acceptors (Lipinski definition) is 2. The Morgan fingerprint density at radius 3 is 1.43 bits per heavy atom.